The lowest BCUT2D eigenvalue weighted by molar-refractivity contribution is -0.133. The average Bonchev–Trinajstić information content (AvgIpc) is 3.08. The molecule has 114 valence electrons. The molecule has 1 aromatic rings. The summed E-state index contributed by atoms with van der Waals surface area (Å²) in [6, 6.07) is 5.62. The van der Waals surface area contributed by atoms with Crippen LogP contribution < -0.4 is 15.1 Å². The number of ether oxygens (including phenoxy) is 2. The smallest absolute Gasteiger partial charge is 0.355 e. The number of benzene rings is 1. The van der Waals surface area contributed by atoms with Gasteiger partial charge in [0, 0.05) is 0 Å². The number of rotatable bonds is 3. The number of nitrogens with one attached hydrogen (secondary N) is 1. The second-order valence-electron chi connectivity index (χ2n) is 4.78. The van der Waals surface area contributed by atoms with E-state index in [0.29, 0.717) is 11.4 Å². The van der Waals surface area contributed by atoms with Crippen LogP contribution in [0, 0.1) is 5.92 Å². The van der Waals surface area contributed by atoms with E-state index in [0.717, 1.165) is 4.90 Å². The fourth-order valence-corrected chi connectivity index (χ4v) is 2.55. The van der Waals surface area contributed by atoms with E-state index in [1.165, 1.54) is 14.2 Å². The van der Waals surface area contributed by atoms with Crippen LogP contribution in [0.15, 0.2) is 29.4 Å². The minimum atomic E-state index is -0.956. The minimum Gasteiger partial charge on any atom is -0.497 e. The first-order valence-corrected chi connectivity index (χ1v) is 6.51. The standard InChI is InChI=1S/C14H13N3O5/c1-21-8-5-3-7(4-6-8)17-12(18)9-10(13(17)19)15-16-11(9)14(20)22-2/h3-6,9-10,15H,1-2H3/t9-,10+/m1/s1. The molecule has 0 aliphatic carbocycles. The molecule has 2 aliphatic rings. The highest BCUT2D eigenvalue weighted by Gasteiger charge is 2.55. The second-order valence-corrected chi connectivity index (χ2v) is 4.78. The van der Waals surface area contributed by atoms with E-state index in [1.54, 1.807) is 24.3 Å². The van der Waals surface area contributed by atoms with Crippen molar-refractivity contribution >= 4 is 29.2 Å². The number of nitrogens with zero attached hydrogens (tertiary/aromatic N) is 2. The third-order valence-corrected chi connectivity index (χ3v) is 3.65. The number of methoxy groups -OCH3 is 2. The van der Waals surface area contributed by atoms with Gasteiger partial charge in [-0.2, -0.15) is 5.10 Å². The Morgan fingerprint density at radius 2 is 1.86 bits per heavy atom. The molecule has 0 radical (unpaired) electrons. The van der Waals surface area contributed by atoms with Gasteiger partial charge in [0.15, 0.2) is 5.71 Å². The van der Waals surface area contributed by atoms with Gasteiger partial charge in [-0.3, -0.25) is 15.0 Å². The Morgan fingerprint density at radius 1 is 1.18 bits per heavy atom. The van der Waals surface area contributed by atoms with Crippen molar-refractivity contribution in [2.75, 3.05) is 19.1 Å². The number of anilines is 1. The van der Waals surface area contributed by atoms with Gasteiger partial charge >= 0.3 is 5.97 Å². The molecule has 0 bridgehead atoms. The first-order chi connectivity index (χ1) is 10.6. The Kier molecular flexibility index (Phi) is 3.28. The third-order valence-electron chi connectivity index (χ3n) is 3.65. The van der Waals surface area contributed by atoms with Crippen LogP contribution in [0.5, 0.6) is 5.75 Å². The zero-order valence-corrected chi connectivity index (χ0v) is 11.9. The first-order valence-electron chi connectivity index (χ1n) is 6.51. The fourth-order valence-electron chi connectivity index (χ4n) is 2.55. The van der Waals surface area contributed by atoms with Gasteiger partial charge in [0.2, 0.25) is 5.91 Å². The van der Waals surface area contributed by atoms with Crippen molar-refractivity contribution in [2.24, 2.45) is 11.0 Å². The molecule has 8 nitrogen and oxygen atoms in total. The molecule has 1 aromatic carbocycles. The molecule has 2 amide bonds. The Hall–Kier alpha value is -2.90. The summed E-state index contributed by atoms with van der Waals surface area (Å²) in [5.41, 5.74) is 2.87. The second kappa shape index (κ2) is 5.14. The zero-order valence-electron chi connectivity index (χ0n) is 11.9. The summed E-state index contributed by atoms with van der Waals surface area (Å²) in [4.78, 5) is 37.6. The SMILES string of the molecule is COC(=O)C1=NN[C@@H]2C(=O)N(c3ccc(OC)cc3)C(=O)[C@@H]12. The highest BCUT2D eigenvalue weighted by Crippen LogP contribution is 2.31. The summed E-state index contributed by atoms with van der Waals surface area (Å²) in [6.45, 7) is 0. The molecule has 2 aliphatic heterocycles. The average molecular weight is 303 g/mol. The molecule has 0 saturated carbocycles. The lowest BCUT2D eigenvalue weighted by atomic mass is 9.99. The van der Waals surface area contributed by atoms with Crippen molar-refractivity contribution in [3.05, 3.63) is 24.3 Å². The van der Waals surface area contributed by atoms with Crippen molar-refractivity contribution in [1.82, 2.24) is 5.43 Å². The summed E-state index contributed by atoms with van der Waals surface area (Å²) in [5.74, 6) is -2.03. The predicted octanol–water partition coefficient (Wildman–Crippen LogP) is -0.315. The molecule has 0 spiro atoms. The van der Waals surface area contributed by atoms with Gasteiger partial charge in [-0.1, -0.05) is 0 Å². The molecular formula is C14H13N3O5. The maximum absolute atomic E-state index is 12.5. The van der Waals surface area contributed by atoms with Crippen molar-refractivity contribution in [1.29, 1.82) is 0 Å². The van der Waals surface area contributed by atoms with Crippen LogP contribution in [0.2, 0.25) is 0 Å². The molecule has 8 heteroatoms. The fraction of sp³-hybridized carbons (Fsp3) is 0.286. The summed E-state index contributed by atoms with van der Waals surface area (Å²) in [5, 5.41) is 3.75. The number of carbonyl (C=O) groups is 3. The van der Waals surface area contributed by atoms with Crippen LogP contribution in [0.25, 0.3) is 0 Å². The highest BCUT2D eigenvalue weighted by atomic mass is 16.5. The third kappa shape index (κ3) is 1.92. The molecule has 0 unspecified atom stereocenters. The summed E-state index contributed by atoms with van der Waals surface area (Å²) < 4.78 is 9.63. The summed E-state index contributed by atoms with van der Waals surface area (Å²) in [7, 11) is 2.72. The monoisotopic (exact) mass is 303 g/mol. The van der Waals surface area contributed by atoms with E-state index >= 15 is 0 Å². The molecule has 1 fully saturated rings. The predicted molar refractivity (Wildman–Crippen MR) is 75.4 cm³/mol. The van der Waals surface area contributed by atoms with Crippen LogP contribution in [0.4, 0.5) is 5.69 Å². The van der Waals surface area contributed by atoms with Crippen LogP contribution in [0.3, 0.4) is 0 Å². The summed E-state index contributed by atoms with van der Waals surface area (Å²) in [6.07, 6.45) is 0. The van der Waals surface area contributed by atoms with Crippen LogP contribution in [0.1, 0.15) is 0 Å². The van der Waals surface area contributed by atoms with Gasteiger partial charge < -0.3 is 9.47 Å². The Balaban J connectivity index is 1.92. The lowest BCUT2D eigenvalue weighted by Crippen LogP contribution is -2.36. The summed E-state index contributed by atoms with van der Waals surface area (Å²) >= 11 is 0. The Labute approximate surface area is 125 Å². The minimum absolute atomic E-state index is 0.0816. The first kappa shape index (κ1) is 14.1. The van der Waals surface area contributed by atoms with E-state index in [2.05, 4.69) is 15.3 Å². The number of hydrogen-bond donors (Lipinski definition) is 1. The van der Waals surface area contributed by atoms with Crippen molar-refractivity contribution < 1.29 is 23.9 Å². The van der Waals surface area contributed by atoms with E-state index in [-0.39, 0.29) is 5.71 Å². The normalized spacial score (nSPS) is 23.0. The number of fused-ring (bicyclic) bond motifs is 1. The number of imide groups is 1. The van der Waals surface area contributed by atoms with Crippen molar-refractivity contribution in [3.8, 4) is 5.75 Å². The topological polar surface area (TPSA) is 97.3 Å². The highest BCUT2D eigenvalue weighted by molar-refractivity contribution is 6.46. The Bertz CT molecular complexity index is 682. The molecule has 2 heterocycles. The molecule has 22 heavy (non-hydrogen) atoms. The van der Waals surface area contributed by atoms with Crippen LogP contribution in [-0.2, 0) is 19.1 Å². The molecule has 1 N–H and O–H groups in total. The van der Waals surface area contributed by atoms with Crippen molar-refractivity contribution in [3.63, 3.8) is 0 Å². The van der Waals surface area contributed by atoms with E-state index in [4.69, 9.17) is 4.74 Å². The lowest BCUT2D eigenvalue weighted by Gasteiger charge is -2.15. The number of amides is 2. The number of hydrogen-bond acceptors (Lipinski definition) is 7. The zero-order chi connectivity index (χ0) is 15.9. The van der Waals surface area contributed by atoms with E-state index in [1.807, 2.05) is 0 Å². The Morgan fingerprint density at radius 3 is 2.45 bits per heavy atom. The molecule has 2 atom stereocenters. The van der Waals surface area contributed by atoms with Gasteiger partial charge in [0.25, 0.3) is 5.91 Å². The molecule has 1 saturated heterocycles. The van der Waals surface area contributed by atoms with Gasteiger partial charge in [0.05, 0.1) is 19.9 Å². The maximum atomic E-state index is 12.5. The largest absolute Gasteiger partial charge is 0.497 e. The van der Waals surface area contributed by atoms with E-state index < -0.39 is 29.7 Å². The van der Waals surface area contributed by atoms with Crippen molar-refractivity contribution in [2.45, 2.75) is 6.04 Å². The van der Waals surface area contributed by atoms with Gasteiger partial charge in [-0.25, -0.2) is 9.69 Å². The quantitative estimate of drug-likeness (QED) is 0.607. The molecular weight excluding hydrogens is 290 g/mol. The molecule has 0 aromatic heterocycles. The molecule has 3 rings (SSSR count). The number of esters is 1. The van der Waals surface area contributed by atoms with Gasteiger partial charge in [0.1, 0.15) is 17.7 Å². The van der Waals surface area contributed by atoms with Gasteiger partial charge in [-0.15, -0.1) is 0 Å². The van der Waals surface area contributed by atoms with Crippen LogP contribution >= 0.6 is 0 Å². The van der Waals surface area contributed by atoms with Crippen LogP contribution in [-0.4, -0.2) is 43.8 Å². The number of carbonyl (C=O) groups excluding carboxylic acids is 3. The number of hydrazone groups is 1. The maximum Gasteiger partial charge on any atom is 0.355 e. The van der Waals surface area contributed by atoms with E-state index in [9.17, 15) is 14.4 Å². The van der Waals surface area contributed by atoms with Gasteiger partial charge in [-0.05, 0) is 24.3 Å².